The van der Waals surface area contributed by atoms with Crippen LogP contribution in [0.1, 0.15) is 51.9 Å². The predicted molar refractivity (Wildman–Crippen MR) is 71.0 cm³/mol. The van der Waals surface area contributed by atoms with Crippen LogP contribution in [0.3, 0.4) is 0 Å². The molecule has 3 aliphatic carbocycles. The van der Waals surface area contributed by atoms with Crippen molar-refractivity contribution < 1.29 is 9.53 Å². The third-order valence-electron chi connectivity index (χ3n) is 4.68. The van der Waals surface area contributed by atoms with E-state index in [4.69, 9.17) is 4.74 Å². The van der Waals surface area contributed by atoms with E-state index in [-0.39, 0.29) is 11.9 Å². The van der Waals surface area contributed by atoms with Gasteiger partial charge < -0.3 is 4.74 Å². The molecule has 3 aliphatic rings. The molecule has 0 aromatic carbocycles. The molecular weight excluding hydrogens is 224 g/mol. The van der Waals surface area contributed by atoms with Gasteiger partial charge in [-0.2, -0.15) is 0 Å². The molecule has 18 heavy (non-hydrogen) atoms. The third kappa shape index (κ3) is 1.92. The Morgan fingerprint density at radius 1 is 1.28 bits per heavy atom. The van der Waals surface area contributed by atoms with Crippen LogP contribution in [0.15, 0.2) is 22.8 Å². The zero-order valence-electron chi connectivity index (χ0n) is 11.2. The van der Waals surface area contributed by atoms with Crippen molar-refractivity contribution in [3.05, 3.63) is 22.8 Å². The predicted octanol–water partition coefficient (Wildman–Crippen LogP) is 3.78. The van der Waals surface area contributed by atoms with Gasteiger partial charge in [0.2, 0.25) is 0 Å². The molecule has 0 radical (unpaired) electrons. The zero-order valence-corrected chi connectivity index (χ0v) is 11.2. The number of allylic oxidation sites excluding steroid dienone is 3. The smallest absolute Gasteiger partial charge is 0.313 e. The fourth-order valence-electron chi connectivity index (χ4n) is 3.93. The number of rotatable bonds is 2. The first-order valence-electron chi connectivity index (χ1n) is 7.41. The molecule has 2 saturated carbocycles. The molecule has 2 nitrogen and oxygen atoms in total. The minimum absolute atomic E-state index is 0.000904. The summed E-state index contributed by atoms with van der Waals surface area (Å²) in [5.74, 6) is 0.472. The molecule has 0 aromatic heterocycles. The first kappa shape index (κ1) is 12.0. The molecule has 3 rings (SSSR count). The molecule has 0 unspecified atom stereocenters. The van der Waals surface area contributed by atoms with Crippen LogP contribution in [-0.4, -0.2) is 12.6 Å². The molecule has 0 saturated heterocycles. The van der Waals surface area contributed by atoms with E-state index >= 15 is 0 Å². The second-order valence-corrected chi connectivity index (χ2v) is 5.68. The molecule has 2 heteroatoms. The molecule has 98 valence electrons. The maximum Gasteiger partial charge on any atom is 0.313 e. The Morgan fingerprint density at radius 3 is 2.94 bits per heavy atom. The zero-order chi connectivity index (χ0) is 12.5. The normalized spacial score (nSPS) is 30.6. The van der Waals surface area contributed by atoms with Crippen LogP contribution in [-0.2, 0) is 9.53 Å². The van der Waals surface area contributed by atoms with E-state index in [1.54, 1.807) is 11.1 Å². The second-order valence-electron chi connectivity index (χ2n) is 5.68. The highest BCUT2D eigenvalue weighted by Gasteiger charge is 2.39. The monoisotopic (exact) mass is 246 g/mol. The van der Waals surface area contributed by atoms with E-state index in [0.29, 0.717) is 12.5 Å². The maximum absolute atomic E-state index is 12.1. The summed E-state index contributed by atoms with van der Waals surface area (Å²) in [6.07, 6.45) is 10.9. The summed E-state index contributed by atoms with van der Waals surface area (Å²) in [4.78, 5) is 12.1. The van der Waals surface area contributed by atoms with Gasteiger partial charge in [0, 0.05) is 0 Å². The van der Waals surface area contributed by atoms with Crippen LogP contribution in [0.4, 0.5) is 0 Å². The minimum atomic E-state index is -0.000904. The van der Waals surface area contributed by atoms with Crippen molar-refractivity contribution >= 4 is 5.97 Å². The standard InChI is InChI=1S/C16H22O2/c1-2-18-16(17)15-10-11-6-3-4-7-12(11)13-8-5-9-14(13)15/h10,14-15H,2-9H2,1H3/t14-,15-/m0/s1. The van der Waals surface area contributed by atoms with E-state index in [1.165, 1.54) is 50.5 Å². The number of fused-ring (bicyclic) bond motifs is 2. The fraction of sp³-hybridized carbons (Fsp3) is 0.688. The molecule has 2 fully saturated rings. The van der Waals surface area contributed by atoms with Gasteiger partial charge in [0.05, 0.1) is 12.5 Å². The van der Waals surface area contributed by atoms with Crippen molar-refractivity contribution in [2.24, 2.45) is 11.8 Å². The van der Waals surface area contributed by atoms with Crippen molar-refractivity contribution in [2.75, 3.05) is 6.61 Å². The Labute approximate surface area is 109 Å². The lowest BCUT2D eigenvalue weighted by atomic mass is 9.73. The lowest BCUT2D eigenvalue weighted by molar-refractivity contribution is -0.147. The highest BCUT2D eigenvalue weighted by Crippen LogP contribution is 2.48. The summed E-state index contributed by atoms with van der Waals surface area (Å²) in [5, 5.41) is 0. The summed E-state index contributed by atoms with van der Waals surface area (Å²) in [6.45, 7) is 2.39. The van der Waals surface area contributed by atoms with Gasteiger partial charge in [-0.15, -0.1) is 0 Å². The maximum atomic E-state index is 12.1. The van der Waals surface area contributed by atoms with Crippen molar-refractivity contribution in [3.8, 4) is 0 Å². The van der Waals surface area contributed by atoms with Crippen molar-refractivity contribution in [1.82, 2.24) is 0 Å². The Hall–Kier alpha value is -1.05. The molecule has 0 amide bonds. The number of carbonyl (C=O) groups is 1. The molecule has 0 aromatic rings. The Bertz CT molecular complexity index is 417. The molecule has 0 spiro atoms. The van der Waals surface area contributed by atoms with Crippen molar-refractivity contribution in [3.63, 3.8) is 0 Å². The van der Waals surface area contributed by atoms with Crippen LogP contribution in [0, 0.1) is 11.8 Å². The van der Waals surface area contributed by atoms with Gasteiger partial charge in [0.25, 0.3) is 0 Å². The first-order chi connectivity index (χ1) is 8.81. The number of ether oxygens (including phenoxy) is 1. The van der Waals surface area contributed by atoms with Gasteiger partial charge in [0.1, 0.15) is 0 Å². The summed E-state index contributed by atoms with van der Waals surface area (Å²) in [6, 6.07) is 0. The van der Waals surface area contributed by atoms with E-state index in [0.717, 1.165) is 0 Å². The molecule has 0 N–H and O–H groups in total. The number of esters is 1. The second kappa shape index (κ2) is 4.91. The van der Waals surface area contributed by atoms with Crippen LogP contribution >= 0.6 is 0 Å². The van der Waals surface area contributed by atoms with Crippen LogP contribution in [0.5, 0.6) is 0 Å². The quantitative estimate of drug-likeness (QED) is 0.693. The highest BCUT2D eigenvalue weighted by atomic mass is 16.5. The van der Waals surface area contributed by atoms with Crippen LogP contribution in [0.25, 0.3) is 0 Å². The SMILES string of the molecule is CCOC(=O)[C@H]1C=C2CCCCC2=C2CCC[C@@H]21. The molecule has 2 atom stereocenters. The van der Waals surface area contributed by atoms with Gasteiger partial charge in [-0.1, -0.05) is 11.6 Å². The van der Waals surface area contributed by atoms with Gasteiger partial charge in [-0.05, 0) is 68.9 Å². The average molecular weight is 246 g/mol. The average Bonchev–Trinajstić information content (AvgIpc) is 2.87. The molecular formula is C16H22O2. The summed E-state index contributed by atoms with van der Waals surface area (Å²) in [5.41, 5.74) is 4.68. The minimum Gasteiger partial charge on any atom is -0.466 e. The Kier molecular flexibility index (Phi) is 3.27. The highest BCUT2D eigenvalue weighted by molar-refractivity contribution is 5.77. The largest absolute Gasteiger partial charge is 0.466 e. The van der Waals surface area contributed by atoms with Gasteiger partial charge in [0.15, 0.2) is 0 Å². The number of hydrogen-bond acceptors (Lipinski definition) is 2. The molecule has 0 bridgehead atoms. The third-order valence-corrected chi connectivity index (χ3v) is 4.68. The van der Waals surface area contributed by atoms with Crippen molar-refractivity contribution in [2.45, 2.75) is 51.9 Å². The van der Waals surface area contributed by atoms with Gasteiger partial charge in [-0.3, -0.25) is 4.79 Å². The van der Waals surface area contributed by atoms with Crippen LogP contribution in [0.2, 0.25) is 0 Å². The van der Waals surface area contributed by atoms with Crippen LogP contribution < -0.4 is 0 Å². The van der Waals surface area contributed by atoms with Crippen molar-refractivity contribution in [1.29, 1.82) is 0 Å². The van der Waals surface area contributed by atoms with Gasteiger partial charge >= 0.3 is 5.97 Å². The first-order valence-corrected chi connectivity index (χ1v) is 7.41. The number of carbonyl (C=O) groups excluding carboxylic acids is 1. The summed E-state index contributed by atoms with van der Waals surface area (Å²) >= 11 is 0. The van der Waals surface area contributed by atoms with E-state index in [2.05, 4.69) is 6.08 Å². The van der Waals surface area contributed by atoms with Gasteiger partial charge in [-0.25, -0.2) is 0 Å². The number of hydrogen-bond donors (Lipinski definition) is 0. The fourth-order valence-corrected chi connectivity index (χ4v) is 3.93. The topological polar surface area (TPSA) is 26.3 Å². The van der Waals surface area contributed by atoms with E-state index < -0.39 is 0 Å². The Balaban J connectivity index is 1.92. The lowest BCUT2D eigenvalue weighted by Gasteiger charge is -2.32. The summed E-state index contributed by atoms with van der Waals surface area (Å²) < 4.78 is 5.26. The Morgan fingerprint density at radius 2 is 2.11 bits per heavy atom. The molecule has 0 aliphatic heterocycles. The van der Waals surface area contributed by atoms with E-state index in [1.807, 2.05) is 6.92 Å². The van der Waals surface area contributed by atoms with E-state index in [9.17, 15) is 4.79 Å². The lowest BCUT2D eigenvalue weighted by Crippen LogP contribution is -2.28. The molecule has 0 heterocycles. The summed E-state index contributed by atoms with van der Waals surface area (Å²) in [7, 11) is 0.